The Balaban J connectivity index is -0.000000000333. The van der Waals surface area contributed by atoms with E-state index in [1.54, 1.807) is 0 Å². The van der Waals surface area contributed by atoms with E-state index in [-0.39, 0.29) is 80.3 Å². The van der Waals surface area contributed by atoms with E-state index >= 15 is 0 Å². The molecule has 0 aromatic carbocycles. The van der Waals surface area contributed by atoms with Gasteiger partial charge in [-0.1, -0.05) is 0 Å². The second-order valence-electron chi connectivity index (χ2n) is 0. The molecule has 7 heteroatoms. The van der Waals surface area contributed by atoms with Crippen LogP contribution in [0.3, 0.4) is 0 Å². The molecule has 0 aromatic rings. The second kappa shape index (κ2) is 151. The molecule has 0 atom stereocenters. The standard InChI is InChI=1S/CH4O.2ClH.2FH.2Mg/c1-2;;;;;;/h2H,1H3;4*1H;;/q;;;;;2*+2/p-4. The topological polar surface area (TPSA) is 20.2 Å². The van der Waals surface area contributed by atoms with Crippen molar-refractivity contribution in [3.63, 3.8) is 0 Å². The van der Waals surface area contributed by atoms with Gasteiger partial charge in [0.1, 0.15) is 0 Å². The number of hydrogen-bond acceptors (Lipinski definition) is 1. The van der Waals surface area contributed by atoms with Gasteiger partial charge in [-0.2, -0.15) is 0 Å². The summed E-state index contributed by atoms with van der Waals surface area (Å²) in [6, 6.07) is 0. The summed E-state index contributed by atoms with van der Waals surface area (Å²) >= 11 is 0. The second-order valence-corrected chi connectivity index (χ2v) is 0. The number of hydrogen-bond donors (Lipinski definition) is 1. The van der Waals surface area contributed by atoms with Crippen LogP contribution in [0.1, 0.15) is 0 Å². The first-order chi connectivity index (χ1) is 1.00. The van der Waals surface area contributed by atoms with Crippen molar-refractivity contribution >= 4 is 46.1 Å². The Kier molecular flexibility index (Phi) is 1730. The van der Waals surface area contributed by atoms with E-state index in [1.807, 2.05) is 0 Å². The van der Waals surface area contributed by atoms with E-state index in [2.05, 4.69) is 0 Å². The van der Waals surface area contributed by atoms with Gasteiger partial charge in [0.2, 0.25) is 0 Å². The Labute approximate surface area is 91.8 Å². The molecule has 0 fully saturated rings. The van der Waals surface area contributed by atoms with Crippen LogP contribution in [-0.4, -0.2) is 58.3 Å². The number of aliphatic hydroxyl groups excluding tert-OH is 1. The van der Waals surface area contributed by atoms with E-state index in [1.165, 1.54) is 0 Å². The van der Waals surface area contributed by atoms with E-state index in [0.717, 1.165) is 7.11 Å². The van der Waals surface area contributed by atoms with E-state index in [0.29, 0.717) is 0 Å². The normalized spacial score (nSPS) is 0.750. The summed E-state index contributed by atoms with van der Waals surface area (Å²) in [7, 11) is 1.00. The molecule has 0 amide bonds. The molecule has 46 valence electrons. The van der Waals surface area contributed by atoms with Crippen molar-refractivity contribution in [1.29, 1.82) is 0 Å². The number of halogens is 4. The van der Waals surface area contributed by atoms with Gasteiger partial charge in [-0.25, -0.2) is 0 Å². The molecule has 8 heavy (non-hydrogen) atoms. The summed E-state index contributed by atoms with van der Waals surface area (Å²) in [6.07, 6.45) is 0. The maximum atomic E-state index is 7.00. The van der Waals surface area contributed by atoms with Gasteiger partial charge in [0.25, 0.3) is 0 Å². The minimum absolute atomic E-state index is 0. The summed E-state index contributed by atoms with van der Waals surface area (Å²) in [4.78, 5) is 0. The molecule has 0 saturated heterocycles. The molecule has 0 saturated carbocycles. The average molecular weight is 190 g/mol. The predicted octanol–water partition coefficient (Wildman–Crippen LogP) is -13.1. The number of aliphatic hydroxyl groups is 1. The quantitative estimate of drug-likeness (QED) is 0.376. The van der Waals surface area contributed by atoms with E-state index < -0.39 is 0 Å². The monoisotopic (exact) mass is 188 g/mol. The van der Waals surface area contributed by atoms with Crippen LogP contribution in [-0.2, 0) is 0 Å². The van der Waals surface area contributed by atoms with E-state index in [4.69, 9.17) is 5.11 Å². The van der Waals surface area contributed by atoms with Crippen molar-refractivity contribution in [2.24, 2.45) is 0 Å². The summed E-state index contributed by atoms with van der Waals surface area (Å²) in [5, 5.41) is 7.00. The molecule has 0 aliphatic heterocycles. The molecule has 0 spiro atoms. The van der Waals surface area contributed by atoms with Gasteiger partial charge >= 0.3 is 46.1 Å². The van der Waals surface area contributed by atoms with Crippen LogP contribution in [0, 0.1) is 0 Å². The smallest absolute Gasteiger partial charge is 1.00 e. The first-order valence-electron chi connectivity index (χ1n) is 0.447. The van der Waals surface area contributed by atoms with Gasteiger partial charge in [-0.3, -0.25) is 0 Å². The van der Waals surface area contributed by atoms with Gasteiger partial charge in [0.05, 0.1) is 0 Å². The molecule has 0 aromatic heterocycles. The SMILES string of the molecule is CO.[Cl-].[Cl-].[F-].[F-].[Mg+2].[Mg+2]. The van der Waals surface area contributed by atoms with Crippen molar-refractivity contribution < 1.29 is 39.3 Å². The van der Waals surface area contributed by atoms with Crippen LogP contribution in [0.15, 0.2) is 0 Å². The molecule has 0 heterocycles. The fourth-order valence-corrected chi connectivity index (χ4v) is 0. The molecule has 0 aliphatic rings. The Bertz CT molecular complexity index is 18.0. The van der Waals surface area contributed by atoms with Crippen LogP contribution < -0.4 is 34.2 Å². The Morgan fingerprint density at radius 2 is 0.750 bits per heavy atom. The number of rotatable bonds is 0. The van der Waals surface area contributed by atoms with Gasteiger partial charge in [0, 0.05) is 7.11 Å². The van der Waals surface area contributed by atoms with Crippen molar-refractivity contribution in [3.8, 4) is 0 Å². The fourth-order valence-electron chi connectivity index (χ4n) is 0. The molecule has 0 radical (unpaired) electrons. The van der Waals surface area contributed by atoms with Gasteiger partial charge < -0.3 is 39.3 Å². The van der Waals surface area contributed by atoms with Crippen molar-refractivity contribution in [3.05, 3.63) is 0 Å². The maximum absolute atomic E-state index is 7.00. The average Bonchev–Trinajstić information content (AvgIpc) is 1.00. The minimum atomic E-state index is 0. The molecule has 1 nitrogen and oxygen atoms in total. The first-order valence-corrected chi connectivity index (χ1v) is 0.447. The van der Waals surface area contributed by atoms with Gasteiger partial charge in [-0.15, -0.1) is 0 Å². The van der Waals surface area contributed by atoms with Crippen LogP contribution in [0.25, 0.3) is 0 Å². The minimum Gasteiger partial charge on any atom is -1.00 e. The molecule has 1 N–H and O–H groups in total. The zero-order chi connectivity index (χ0) is 2.00. The maximum Gasteiger partial charge on any atom is 2.00 e. The third kappa shape index (κ3) is 102. The molecular weight excluding hydrogens is 186 g/mol. The van der Waals surface area contributed by atoms with Gasteiger partial charge in [-0.05, 0) is 0 Å². The zero-order valence-corrected chi connectivity index (χ0v) is 8.71. The summed E-state index contributed by atoms with van der Waals surface area (Å²) in [6.45, 7) is 0. The molecule has 0 rings (SSSR count). The molecule has 0 aliphatic carbocycles. The summed E-state index contributed by atoms with van der Waals surface area (Å²) in [5.41, 5.74) is 0. The van der Waals surface area contributed by atoms with Crippen LogP contribution in [0.5, 0.6) is 0 Å². The van der Waals surface area contributed by atoms with Crippen LogP contribution in [0.4, 0.5) is 0 Å². The van der Waals surface area contributed by atoms with Crippen molar-refractivity contribution in [1.82, 2.24) is 0 Å². The Hall–Kier alpha value is 1.93. The first kappa shape index (κ1) is 92.2. The third-order valence-electron chi connectivity index (χ3n) is 0. The van der Waals surface area contributed by atoms with Gasteiger partial charge in [0.15, 0.2) is 0 Å². The molecular formula is CH4Cl2F2Mg2O. The summed E-state index contributed by atoms with van der Waals surface area (Å²) in [5.74, 6) is 0. The Morgan fingerprint density at radius 3 is 0.750 bits per heavy atom. The largest absolute Gasteiger partial charge is 2.00 e. The third-order valence-corrected chi connectivity index (χ3v) is 0. The van der Waals surface area contributed by atoms with E-state index in [9.17, 15) is 0 Å². The zero-order valence-electron chi connectivity index (χ0n) is 4.37. The summed E-state index contributed by atoms with van der Waals surface area (Å²) < 4.78 is 0. The van der Waals surface area contributed by atoms with Crippen molar-refractivity contribution in [2.45, 2.75) is 0 Å². The van der Waals surface area contributed by atoms with Crippen LogP contribution in [0.2, 0.25) is 0 Å². The predicted molar refractivity (Wildman–Crippen MR) is 19.7 cm³/mol. The fraction of sp³-hybridized carbons (Fsp3) is 1.00. The molecule has 0 bridgehead atoms. The van der Waals surface area contributed by atoms with Crippen molar-refractivity contribution in [2.75, 3.05) is 7.11 Å². The Morgan fingerprint density at radius 1 is 0.750 bits per heavy atom. The molecule has 0 unspecified atom stereocenters. The van der Waals surface area contributed by atoms with Crippen LogP contribution >= 0.6 is 0 Å².